The summed E-state index contributed by atoms with van der Waals surface area (Å²) in [7, 11) is 0. The maximum Gasteiger partial charge on any atom is 0.228 e. The third kappa shape index (κ3) is 2.69. The lowest BCUT2D eigenvalue weighted by Gasteiger charge is -2.31. The maximum absolute atomic E-state index is 11.9. The zero-order chi connectivity index (χ0) is 10.6. The maximum atomic E-state index is 11.9. The van der Waals surface area contributed by atoms with Gasteiger partial charge in [-0.05, 0) is 5.92 Å². The smallest absolute Gasteiger partial charge is 0.228 e. The molecule has 4 nitrogen and oxygen atoms in total. The van der Waals surface area contributed by atoms with E-state index in [0.29, 0.717) is 26.3 Å². The lowest BCUT2D eigenvalue weighted by atomic mass is 9.95. The molecule has 1 saturated heterocycles. The molecule has 1 aliphatic heterocycles. The van der Waals surface area contributed by atoms with Crippen LogP contribution in [0.5, 0.6) is 0 Å². The molecule has 0 spiro atoms. The first-order valence-corrected chi connectivity index (χ1v) is 5.14. The summed E-state index contributed by atoms with van der Waals surface area (Å²) >= 11 is 0. The Morgan fingerprint density at radius 1 is 1.43 bits per heavy atom. The largest absolute Gasteiger partial charge is 0.396 e. The molecule has 1 heterocycles. The predicted octanol–water partition coefficient (Wildman–Crippen LogP) is 0.110. The number of morpholine rings is 1. The molecule has 1 aliphatic rings. The van der Waals surface area contributed by atoms with Crippen molar-refractivity contribution in [1.29, 1.82) is 0 Å². The van der Waals surface area contributed by atoms with E-state index >= 15 is 0 Å². The highest BCUT2D eigenvalue weighted by atomic mass is 16.5. The highest BCUT2D eigenvalue weighted by Crippen LogP contribution is 2.14. The second-order valence-corrected chi connectivity index (χ2v) is 3.97. The number of nitrogens with zero attached hydrogens (tertiary/aromatic N) is 1. The van der Waals surface area contributed by atoms with Gasteiger partial charge in [0.1, 0.15) is 0 Å². The number of carbonyl (C=O) groups excluding carboxylic acids is 1. The van der Waals surface area contributed by atoms with Gasteiger partial charge in [0.15, 0.2) is 0 Å². The topological polar surface area (TPSA) is 49.8 Å². The van der Waals surface area contributed by atoms with Gasteiger partial charge in [-0.25, -0.2) is 0 Å². The van der Waals surface area contributed by atoms with Crippen LogP contribution in [-0.4, -0.2) is 48.8 Å². The second kappa shape index (κ2) is 5.32. The standard InChI is InChI=1S/C10H19NO3/c1-8(2)9(7-12)10(13)11-3-5-14-6-4-11/h8-9,12H,3-7H2,1-2H3. The quantitative estimate of drug-likeness (QED) is 0.705. The van der Waals surface area contributed by atoms with Crippen LogP contribution in [0.2, 0.25) is 0 Å². The molecule has 1 unspecified atom stereocenters. The number of amides is 1. The first-order chi connectivity index (χ1) is 6.66. The molecule has 0 aliphatic carbocycles. The molecule has 1 atom stereocenters. The summed E-state index contributed by atoms with van der Waals surface area (Å²) in [6.45, 7) is 6.39. The van der Waals surface area contributed by atoms with Crippen molar-refractivity contribution in [3.63, 3.8) is 0 Å². The van der Waals surface area contributed by atoms with E-state index in [1.54, 1.807) is 4.90 Å². The van der Waals surface area contributed by atoms with Crippen LogP contribution in [0.3, 0.4) is 0 Å². The van der Waals surface area contributed by atoms with Crippen molar-refractivity contribution >= 4 is 5.91 Å². The van der Waals surface area contributed by atoms with Crippen molar-refractivity contribution in [3.8, 4) is 0 Å². The van der Waals surface area contributed by atoms with Crippen LogP contribution < -0.4 is 0 Å². The van der Waals surface area contributed by atoms with Gasteiger partial charge in [0.2, 0.25) is 5.91 Å². The number of rotatable bonds is 3. The van der Waals surface area contributed by atoms with Crippen LogP contribution in [0.4, 0.5) is 0 Å². The highest BCUT2D eigenvalue weighted by Gasteiger charge is 2.27. The van der Waals surface area contributed by atoms with Gasteiger partial charge in [-0.3, -0.25) is 4.79 Å². The summed E-state index contributed by atoms with van der Waals surface area (Å²) in [6, 6.07) is 0. The molecule has 0 aromatic carbocycles. The van der Waals surface area contributed by atoms with Crippen LogP contribution in [0.1, 0.15) is 13.8 Å². The van der Waals surface area contributed by atoms with Crippen molar-refractivity contribution in [2.24, 2.45) is 11.8 Å². The van der Waals surface area contributed by atoms with Crippen molar-refractivity contribution in [3.05, 3.63) is 0 Å². The Morgan fingerprint density at radius 2 is 2.00 bits per heavy atom. The molecule has 14 heavy (non-hydrogen) atoms. The summed E-state index contributed by atoms with van der Waals surface area (Å²) in [6.07, 6.45) is 0. The van der Waals surface area contributed by atoms with Gasteiger partial charge in [-0.15, -0.1) is 0 Å². The van der Waals surface area contributed by atoms with E-state index in [9.17, 15) is 4.79 Å². The second-order valence-electron chi connectivity index (χ2n) is 3.97. The minimum absolute atomic E-state index is 0.0609. The van der Waals surface area contributed by atoms with Gasteiger partial charge in [-0.1, -0.05) is 13.8 Å². The zero-order valence-corrected chi connectivity index (χ0v) is 8.90. The number of hydrogen-bond donors (Lipinski definition) is 1. The number of aliphatic hydroxyl groups excluding tert-OH is 1. The molecule has 0 radical (unpaired) electrons. The SMILES string of the molecule is CC(C)C(CO)C(=O)N1CCOCC1. The van der Waals surface area contributed by atoms with Crippen molar-refractivity contribution in [1.82, 2.24) is 4.90 Å². The van der Waals surface area contributed by atoms with Gasteiger partial charge in [0.25, 0.3) is 0 Å². The van der Waals surface area contributed by atoms with Gasteiger partial charge >= 0.3 is 0 Å². The van der Waals surface area contributed by atoms with E-state index in [0.717, 1.165) is 0 Å². The highest BCUT2D eigenvalue weighted by molar-refractivity contribution is 5.79. The van der Waals surface area contributed by atoms with Gasteiger partial charge in [0, 0.05) is 13.1 Å². The lowest BCUT2D eigenvalue weighted by Crippen LogP contribution is -2.45. The van der Waals surface area contributed by atoms with Gasteiger partial charge in [-0.2, -0.15) is 0 Å². The van der Waals surface area contributed by atoms with E-state index in [-0.39, 0.29) is 24.3 Å². The van der Waals surface area contributed by atoms with Crippen LogP contribution >= 0.6 is 0 Å². The summed E-state index contributed by atoms with van der Waals surface area (Å²) in [4.78, 5) is 13.7. The van der Waals surface area contributed by atoms with Crippen LogP contribution in [0.25, 0.3) is 0 Å². The van der Waals surface area contributed by atoms with Crippen molar-refractivity contribution in [2.45, 2.75) is 13.8 Å². The molecule has 1 fully saturated rings. The minimum atomic E-state index is -0.256. The molecule has 0 saturated carbocycles. The third-order valence-electron chi connectivity index (χ3n) is 2.64. The number of aliphatic hydroxyl groups is 1. The number of carbonyl (C=O) groups is 1. The van der Waals surface area contributed by atoms with E-state index in [2.05, 4.69) is 0 Å². The van der Waals surface area contributed by atoms with Crippen molar-refractivity contribution in [2.75, 3.05) is 32.9 Å². The lowest BCUT2D eigenvalue weighted by molar-refractivity contribution is -0.142. The Labute approximate surface area is 84.8 Å². The molecule has 1 N–H and O–H groups in total. The molecule has 82 valence electrons. The van der Waals surface area contributed by atoms with Crippen LogP contribution in [-0.2, 0) is 9.53 Å². The summed E-state index contributed by atoms with van der Waals surface area (Å²) in [5.74, 6) is -0.00533. The van der Waals surface area contributed by atoms with E-state index < -0.39 is 0 Å². The third-order valence-corrected chi connectivity index (χ3v) is 2.64. The molecule has 0 aromatic heterocycles. The first kappa shape index (κ1) is 11.5. The summed E-state index contributed by atoms with van der Waals surface area (Å²) in [5, 5.41) is 9.12. The van der Waals surface area contributed by atoms with Crippen LogP contribution in [0, 0.1) is 11.8 Å². The normalized spacial score (nSPS) is 19.9. The Kier molecular flexibility index (Phi) is 4.35. The van der Waals surface area contributed by atoms with E-state index in [1.807, 2.05) is 13.8 Å². The average Bonchev–Trinajstić information content (AvgIpc) is 2.19. The van der Waals surface area contributed by atoms with E-state index in [4.69, 9.17) is 9.84 Å². The zero-order valence-electron chi connectivity index (χ0n) is 8.90. The monoisotopic (exact) mass is 201 g/mol. The fourth-order valence-electron chi connectivity index (χ4n) is 1.59. The molecule has 4 heteroatoms. The van der Waals surface area contributed by atoms with Crippen molar-refractivity contribution < 1.29 is 14.6 Å². The fraction of sp³-hybridized carbons (Fsp3) is 0.900. The Hall–Kier alpha value is -0.610. The Bertz CT molecular complexity index is 188. The minimum Gasteiger partial charge on any atom is -0.396 e. The molecular weight excluding hydrogens is 182 g/mol. The average molecular weight is 201 g/mol. The number of hydrogen-bond acceptors (Lipinski definition) is 3. The predicted molar refractivity (Wildman–Crippen MR) is 52.8 cm³/mol. The van der Waals surface area contributed by atoms with E-state index in [1.165, 1.54) is 0 Å². The Morgan fingerprint density at radius 3 is 2.43 bits per heavy atom. The number of ether oxygens (including phenoxy) is 1. The van der Waals surface area contributed by atoms with Gasteiger partial charge in [0.05, 0.1) is 25.7 Å². The van der Waals surface area contributed by atoms with Gasteiger partial charge < -0.3 is 14.7 Å². The molecule has 0 bridgehead atoms. The Balaban J connectivity index is 2.52. The summed E-state index contributed by atoms with van der Waals surface area (Å²) in [5.41, 5.74) is 0. The van der Waals surface area contributed by atoms with Crippen LogP contribution in [0.15, 0.2) is 0 Å². The molecule has 0 aromatic rings. The molecule has 1 rings (SSSR count). The fourth-order valence-corrected chi connectivity index (χ4v) is 1.59. The summed E-state index contributed by atoms with van der Waals surface area (Å²) < 4.78 is 5.17. The molecular formula is C10H19NO3. The first-order valence-electron chi connectivity index (χ1n) is 5.14. The molecule has 1 amide bonds.